The van der Waals surface area contributed by atoms with E-state index in [9.17, 15) is 4.79 Å². The number of H-pyrrole nitrogens is 1. The fourth-order valence-electron chi connectivity index (χ4n) is 3.05. The van der Waals surface area contributed by atoms with Gasteiger partial charge in [0.05, 0.1) is 5.41 Å². The van der Waals surface area contributed by atoms with Gasteiger partial charge in [-0.25, -0.2) is 5.10 Å². The van der Waals surface area contributed by atoms with E-state index in [4.69, 9.17) is 0 Å². The normalized spacial score (nSPS) is 17.6. The minimum absolute atomic E-state index is 0.0140. The van der Waals surface area contributed by atoms with Crippen LogP contribution in [-0.2, 0) is 10.2 Å². The maximum absolute atomic E-state index is 12.8. The first kappa shape index (κ1) is 12.8. The Bertz CT molecular complexity index is 559. The van der Waals surface area contributed by atoms with E-state index in [1.54, 1.807) is 0 Å². The summed E-state index contributed by atoms with van der Waals surface area (Å²) in [4.78, 5) is 16.8. The molecule has 0 aliphatic heterocycles. The molecule has 2 aromatic rings. The molecule has 0 spiro atoms. The molecule has 20 heavy (non-hydrogen) atoms. The lowest BCUT2D eigenvalue weighted by atomic mass is 9.69. The van der Waals surface area contributed by atoms with Gasteiger partial charge in [-0.15, -0.1) is 0 Å². The molecule has 0 radical (unpaired) electrons. The van der Waals surface area contributed by atoms with Gasteiger partial charge in [-0.05, 0) is 18.4 Å². The van der Waals surface area contributed by atoms with Gasteiger partial charge in [0.15, 0.2) is 0 Å². The molecule has 1 heterocycles. The molecule has 5 nitrogen and oxygen atoms in total. The van der Waals surface area contributed by atoms with E-state index in [0.29, 0.717) is 5.95 Å². The molecule has 1 aliphatic rings. The minimum atomic E-state index is -0.438. The number of nitrogens with zero attached hydrogens (tertiary/aromatic N) is 2. The summed E-state index contributed by atoms with van der Waals surface area (Å²) in [5, 5.41) is 9.31. The van der Waals surface area contributed by atoms with Crippen molar-refractivity contribution in [2.75, 3.05) is 5.32 Å². The van der Waals surface area contributed by atoms with Crippen molar-refractivity contribution in [1.29, 1.82) is 0 Å². The van der Waals surface area contributed by atoms with Gasteiger partial charge in [0.2, 0.25) is 11.9 Å². The Morgan fingerprint density at radius 1 is 1.15 bits per heavy atom. The Morgan fingerprint density at radius 2 is 1.90 bits per heavy atom. The number of carbonyl (C=O) groups is 1. The monoisotopic (exact) mass is 270 g/mol. The van der Waals surface area contributed by atoms with E-state index in [1.165, 1.54) is 12.7 Å². The van der Waals surface area contributed by atoms with Gasteiger partial charge in [0, 0.05) is 0 Å². The Morgan fingerprint density at radius 3 is 2.55 bits per heavy atom. The van der Waals surface area contributed by atoms with Gasteiger partial charge in [0.25, 0.3) is 0 Å². The second-order valence-corrected chi connectivity index (χ2v) is 5.30. The number of hydrogen-bond acceptors (Lipinski definition) is 3. The lowest BCUT2D eigenvalue weighted by Crippen LogP contribution is -2.42. The van der Waals surface area contributed by atoms with Gasteiger partial charge in [-0.3, -0.25) is 10.1 Å². The SMILES string of the molecule is O=C(Nc1ncn[nH]1)C1(c2ccccc2)CCCCC1. The minimum Gasteiger partial charge on any atom is -0.294 e. The summed E-state index contributed by atoms with van der Waals surface area (Å²) in [5.41, 5.74) is 0.656. The zero-order chi connectivity index (χ0) is 13.8. The number of amides is 1. The molecule has 3 rings (SSSR count). The summed E-state index contributed by atoms with van der Waals surface area (Å²) in [6.45, 7) is 0. The van der Waals surface area contributed by atoms with Crippen LogP contribution in [0.25, 0.3) is 0 Å². The maximum Gasteiger partial charge on any atom is 0.237 e. The van der Waals surface area contributed by atoms with Crippen molar-refractivity contribution in [3.8, 4) is 0 Å². The predicted molar refractivity (Wildman–Crippen MR) is 76.2 cm³/mol. The molecule has 0 saturated heterocycles. The highest BCUT2D eigenvalue weighted by molar-refractivity contribution is 5.98. The van der Waals surface area contributed by atoms with Crippen molar-refractivity contribution < 1.29 is 4.79 Å². The zero-order valence-corrected chi connectivity index (χ0v) is 11.3. The first-order valence-corrected chi connectivity index (χ1v) is 7.04. The molecule has 1 saturated carbocycles. The average molecular weight is 270 g/mol. The highest BCUT2D eigenvalue weighted by atomic mass is 16.2. The maximum atomic E-state index is 12.8. The lowest BCUT2D eigenvalue weighted by molar-refractivity contribution is -0.122. The van der Waals surface area contributed by atoms with E-state index in [0.717, 1.165) is 31.2 Å². The Balaban J connectivity index is 1.91. The zero-order valence-electron chi connectivity index (χ0n) is 11.3. The van der Waals surface area contributed by atoms with Crippen LogP contribution in [0.1, 0.15) is 37.7 Å². The Hall–Kier alpha value is -2.17. The molecule has 2 N–H and O–H groups in total. The predicted octanol–water partition coefficient (Wildman–Crippen LogP) is 2.65. The summed E-state index contributed by atoms with van der Waals surface area (Å²) >= 11 is 0. The molecule has 1 aromatic carbocycles. The van der Waals surface area contributed by atoms with E-state index >= 15 is 0 Å². The van der Waals surface area contributed by atoms with Crippen molar-refractivity contribution in [3.05, 3.63) is 42.2 Å². The number of carbonyl (C=O) groups excluding carboxylic acids is 1. The van der Waals surface area contributed by atoms with E-state index in [2.05, 4.69) is 20.5 Å². The van der Waals surface area contributed by atoms with Crippen LogP contribution in [0.2, 0.25) is 0 Å². The van der Waals surface area contributed by atoms with Crippen molar-refractivity contribution in [2.24, 2.45) is 0 Å². The van der Waals surface area contributed by atoms with Crippen molar-refractivity contribution in [1.82, 2.24) is 15.2 Å². The Kier molecular flexibility index (Phi) is 3.50. The lowest BCUT2D eigenvalue weighted by Gasteiger charge is -2.36. The van der Waals surface area contributed by atoms with E-state index < -0.39 is 5.41 Å². The van der Waals surface area contributed by atoms with Crippen LogP contribution in [0.4, 0.5) is 5.95 Å². The van der Waals surface area contributed by atoms with Gasteiger partial charge in [0.1, 0.15) is 6.33 Å². The molecule has 1 aliphatic carbocycles. The summed E-state index contributed by atoms with van der Waals surface area (Å²) in [6.07, 6.45) is 6.53. The molecule has 0 bridgehead atoms. The van der Waals surface area contributed by atoms with Gasteiger partial charge < -0.3 is 0 Å². The Labute approximate surface area is 117 Å². The van der Waals surface area contributed by atoms with Crippen LogP contribution < -0.4 is 5.32 Å². The van der Waals surface area contributed by atoms with Crippen LogP contribution in [0.3, 0.4) is 0 Å². The quantitative estimate of drug-likeness (QED) is 0.900. The summed E-state index contributed by atoms with van der Waals surface area (Å²) in [6, 6.07) is 10.1. The third kappa shape index (κ3) is 2.31. The molecular formula is C15H18N4O. The first-order chi connectivity index (χ1) is 9.81. The molecule has 0 atom stereocenters. The molecule has 104 valence electrons. The van der Waals surface area contributed by atoms with E-state index in [-0.39, 0.29) is 5.91 Å². The fourth-order valence-corrected chi connectivity index (χ4v) is 3.05. The molecule has 1 aromatic heterocycles. The van der Waals surface area contributed by atoms with Crippen LogP contribution in [0, 0.1) is 0 Å². The molecule has 1 amide bonds. The van der Waals surface area contributed by atoms with Crippen molar-refractivity contribution in [3.63, 3.8) is 0 Å². The third-order valence-corrected chi connectivity index (χ3v) is 4.12. The number of aromatic amines is 1. The summed E-state index contributed by atoms with van der Waals surface area (Å²) in [7, 11) is 0. The van der Waals surface area contributed by atoms with Crippen LogP contribution in [0.5, 0.6) is 0 Å². The molecule has 1 fully saturated rings. The fraction of sp³-hybridized carbons (Fsp3) is 0.400. The summed E-state index contributed by atoms with van der Waals surface area (Å²) < 4.78 is 0. The molecular weight excluding hydrogens is 252 g/mol. The summed E-state index contributed by atoms with van der Waals surface area (Å²) in [5.74, 6) is 0.427. The van der Waals surface area contributed by atoms with Crippen LogP contribution in [0.15, 0.2) is 36.7 Å². The molecule has 0 unspecified atom stereocenters. The number of rotatable bonds is 3. The number of benzene rings is 1. The van der Waals surface area contributed by atoms with Crippen molar-refractivity contribution in [2.45, 2.75) is 37.5 Å². The van der Waals surface area contributed by atoms with Gasteiger partial charge >= 0.3 is 0 Å². The van der Waals surface area contributed by atoms with E-state index in [1.807, 2.05) is 30.3 Å². The number of aromatic nitrogens is 3. The van der Waals surface area contributed by atoms with Gasteiger partial charge in [-0.2, -0.15) is 10.1 Å². The third-order valence-electron chi connectivity index (χ3n) is 4.12. The topological polar surface area (TPSA) is 70.7 Å². The molecule has 5 heteroatoms. The van der Waals surface area contributed by atoms with Crippen LogP contribution >= 0.6 is 0 Å². The number of nitrogens with one attached hydrogen (secondary N) is 2. The standard InChI is InChI=1S/C15H18N4O/c20-13(18-14-16-11-17-19-14)15(9-5-2-6-10-15)12-7-3-1-4-8-12/h1,3-4,7-8,11H,2,5-6,9-10H2,(H2,16,17,18,19,20). The first-order valence-electron chi connectivity index (χ1n) is 7.04. The second-order valence-electron chi connectivity index (χ2n) is 5.30. The highest BCUT2D eigenvalue weighted by Gasteiger charge is 2.41. The van der Waals surface area contributed by atoms with Crippen LogP contribution in [-0.4, -0.2) is 21.1 Å². The largest absolute Gasteiger partial charge is 0.294 e. The highest BCUT2D eigenvalue weighted by Crippen LogP contribution is 2.40. The number of hydrogen-bond donors (Lipinski definition) is 2. The number of anilines is 1. The van der Waals surface area contributed by atoms with Gasteiger partial charge in [-0.1, -0.05) is 49.6 Å². The van der Waals surface area contributed by atoms with Crippen molar-refractivity contribution >= 4 is 11.9 Å². The average Bonchev–Trinajstić information content (AvgIpc) is 3.02. The smallest absolute Gasteiger partial charge is 0.237 e. The second kappa shape index (κ2) is 5.45.